The van der Waals surface area contributed by atoms with Crippen molar-refractivity contribution in [3.8, 4) is 0 Å². The second-order valence-corrected chi connectivity index (χ2v) is 5.49. The normalized spacial score (nSPS) is 12.8. The van der Waals surface area contributed by atoms with Gasteiger partial charge in [-0.1, -0.05) is 13.8 Å². The van der Waals surface area contributed by atoms with Gasteiger partial charge in [0.05, 0.1) is 0 Å². The van der Waals surface area contributed by atoms with Crippen LogP contribution in [-0.4, -0.2) is 54.2 Å². The van der Waals surface area contributed by atoms with Crippen molar-refractivity contribution in [3.63, 3.8) is 0 Å². The van der Waals surface area contributed by atoms with Gasteiger partial charge in [-0.3, -0.25) is 0 Å². The van der Waals surface area contributed by atoms with Gasteiger partial charge >= 0.3 is 12.0 Å². The summed E-state index contributed by atoms with van der Waals surface area (Å²) in [4.78, 5) is 24.7. The summed E-state index contributed by atoms with van der Waals surface area (Å²) in [7, 11) is 1.98. The highest BCUT2D eigenvalue weighted by molar-refractivity contribution is 5.82. The number of carboxylic acid groups (broad SMARTS) is 1. The van der Waals surface area contributed by atoms with Gasteiger partial charge in [-0.05, 0) is 33.2 Å². The summed E-state index contributed by atoms with van der Waals surface area (Å²) in [6, 6.07) is -0.842. The molecule has 19 heavy (non-hydrogen) atoms. The lowest BCUT2D eigenvalue weighted by atomic mass is 10.0. The Kier molecular flexibility index (Phi) is 8.14. The fourth-order valence-electron chi connectivity index (χ4n) is 1.51. The summed E-state index contributed by atoms with van der Waals surface area (Å²) < 4.78 is 0. The smallest absolute Gasteiger partial charge is 0.326 e. The molecule has 0 bridgehead atoms. The third kappa shape index (κ3) is 8.42. The van der Waals surface area contributed by atoms with E-state index in [0.717, 1.165) is 6.54 Å². The summed E-state index contributed by atoms with van der Waals surface area (Å²) in [5, 5.41) is 14.2. The van der Waals surface area contributed by atoms with Gasteiger partial charge in [0.25, 0.3) is 0 Å². The lowest BCUT2D eigenvalue weighted by Gasteiger charge is -2.21. The van der Waals surface area contributed by atoms with Gasteiger partial charge in [-0.2, -0.15) is 0 Å². The molecule has 0 saturated heterocycles. The van der Waals surface area contributed by atoms with Crippen LogP contribution in [0.4, 0.5) is 4.79 Å². The number of rotatable bonds is 8. The number of aliphatic carboxylic acids is 1. The fraction of sp³-hybridized carbons (Fsp3) is 0.846. The van der Waals surface area contributed by atoms with E-state index < -0.39 is 18.0 Å². The van der Waals surface area contributed by atoms with Crippen LogP contribution in [0.5, 0.6) is 0 Å². The molecule has 6 nitrogen and oxygen atoms in total. The molecule has 112 valence electrons. The lowest BCUT2D eigenvalue weighted by Crippen LogP contribution is -2.48. The van der Waals surface area contributed by atoms with Crippen molar-refractivity contribution in [2.75, 3.05) is 20.1 Å². The maximum absolute atomic E-state index is 11.6. The molecule has 0 aromatic rings. The van der Waals surface area contributed by atoms with Crippen LogP contribution in [0.2, 0.25) is 0 Å². The number of hydrogen-bond donors (Lipinski definition) is 3. The Morgan fingerprint density at radius 3 is 2.21 bits per heavy atom. The quantitative estimate of drug-likeness (QED) is 0.619. The molecule has 0 radical (unpaired) electrons. The van der Waals surface area contributed by atoms with E-state index in [0.29, 0.717) is 19.0 Å². The summed E-state index contributed by atoms with van der Waals surface area (Å²) in [5.41, 5.74) is 0. The number of carbonyl (C=O) groups excluding carboxylic acids is 1. The highest BCUT2D eigenvalue weighted by atomic mass is 16.4. The monoisotopic (exact) mass is 273 g/mol. The maximum Gasteiger partial charge on any atom is 0.326 e. The molecule has 0 rings (SSSR count). The van der Waals surface area contributed by atoms with E-state index in [4.69, 9.17) is 5.11 Å². The Bertz CT molecular complexity index is 293. The number of amides is 2. The summed E-state index contributed by atoms with van der Waals surface area (Å²) in [6.07, 6.45) is 0.425. The van der Waals surface area contributed by atoms with Gasteiger partial charge < -0.3 is 20.6 Å². The third-order valence-corrected chi connectivity index (χ3v) is 2.94. The molecule has 0 heterocycles. The molecule has 0 aliphatic heterocycles. The fourth-order valence-corrected chi connectivity index (χ4v) is 1.51. The van der Waals surface area contributed by atoms with Crippen molar-refractivity contribution in [1.82, 2.24) is 15.5 Å². The Morgan fingerprint density at radius 1 is 1.21 bits per heavy atom. The van der Waals surface area contributed by atoms with Gasteiger partial charge in [-0.15, -0.1) is 0 Å². The van der Waals surface area contributed by atoms with Crippen LogP contribution in [0.15, 0.2) is 0 Å². The number of urea groups is 1. The first kappa shape index (κ1) is 17.7. The first-order valence-corrected chi connectivity index (χ1v) is 6.71. The van der Waals surface area contributed by atoms with E-state index >= 15 is 0 Å². The standard InChI is InChI=1S/C13H27N3O3/c1-9(2)8-11(12(17)18)15-13(19)14-6-7-16(5)10(3)4/h9-11H,6-8H2,1-5H3,(H,17,18)(H2,14,15,19). The second kappa shape index (κ2) is 8.74. The van der Waals surface area contributed by atoms with E-state index in [1.165, 1.54) is 0 Å². The van der Waals surface area contributed by atoms with E-state index in [9.17, 15) is 9.59 Å². The summed E-state index contributed by atoms with van der Waals surface area (Å²) >= 11 is 0. The minimum absolute atomic E-state index is 0.216. The molecule has 0 aliphatic rings. The summed E-state index contributed by atoms with van der Waals surface area (Å²) in [5.74, 6) is -0.781. The molecule has 3 N–H and O–H groups in total. The van der Waals surface area contributed by atoms with Crippen molar-refractivity contribution >= 4 is 12.0 Å². The van der Waals surface area contributed by atoms with Gasteiger partial charge in [0.2, 0.25) is 0 Å². The van der Waals surface area contributed by atoms with E-state index in [1.54, 1.807) is 0 Å². The maximum atomic E-state index is 11.6. The molecule has 2 amide bonds. The highest BCUT2D eigenvalue weighted by Crippen LogP contribution is 2.04. The van der Waals surface area contributed by atoms with E-state index in [1.807, 2.05) is 20.9 Å². The molecule has 1 atom stereocenters. The Labute approximate surface area is 115 Å². The molecule has 0 aromatic heterocycles. The first-order chi connectivity index (χ1) is 8.73. The highest BCUT2D eigenvalue weighted by Gasteiger charge is 2.20. The topological polar surface area (TPSA) is 81.7 Å². The predicted octanol–water partition coefficient (Wildman–Crippen LogP) is 1.13. The van der Waals surface area contributed by atoms with Crippen molar-refractivity contribution in [2.45, 2.75) is 46.2 Å². The number of carboxylic acids is 1. The van der Waals surface area contributed by atoms with Crippen LogP contribution in [0.1, 0.15) is 34.1 Å². The van der Waals surface area contributed by atoms with Crippen LogP contribution in [-0.2, 0) is 4.79 Å². The molecule has 0 aromatic carbocycles. The molecule has 0 fully saturated rings. The minimum atomic E-state index is -0.997. The number of nitrogens with zero attached hydrogens (tertiary/aromatic N) is 1. The zero-order chi connectivity index (χ0) is 15.0. The number of hydrogen-bond acceptors (Lipinski definition) is 3. The molecule has 0 aliphatic carbocycles. The lowest BCUT2D eigenvalue weighted by molar-refractivity contribution is -0.139. The summed E-state index contributed by atoms with van der Waals surface area (Å²) in [6.45, 7) is 9.22. The van der Waals surface area contributed by atoms with E-state index in [2.05, 4.69) is 29.4 Å². The molecule has 0 spiro atoms. The average molecular weight is 273 g/mol. The largest absolute Gasteiger partial charge is 0.480 e. The average Bonchev–Trinajstić information content (AvgIpc) is 2.26. The Morgan fingerprint density at radius 2 is 1.79 bits per heavy atom. The number of likely N-dealkylation sites (N-methyl/N-ethyl adjacent to an activating group) is 1. The van der Waals surface area contributed by atoms with Crippen LogP contribution in [0.25, 0.3) is 0 Å². The molecule has 0 saturated carbocycles. The van der Waals surface area contributed by atoms with Gasteiger partial charge in [0.1, 0.15) is 6.04 Å². The third-order valence-electron chi connectivity index (χ3n) is 2.94. The van der Waals surface area contributed by atoms with Crippen molar-refractivity contribution in [1.29, 1.82) is 0 Å². The first-order valence-electron chi connectivity index (χ1n) is 6.71. The molecular formula is C13H27N3O3. The van der Waals surface area contributed by atoms with E-state index in [-0.39, 0.29) is 5.92 Å². The Balaban J connectivity index is 4.03. The zero-order valence-electron chi connectivity index (χ0n) is 12.6. The molecular weight excluding hydrogens is 246 g/mol. The van der Waals surface area contributed by atoms with Crippen molar-refractivity contribution in [2.24, 2.45) is 5.92 Å². The van der Waals surface area contributed by atoms with Crippen LogP contribution in [0, 0.1) is 5.92 Å². The SMILES string of the molecule is CC(C)CC(NC(=O)NCCN(C)C(C)C)C(=O)O. The molecule has 6 heteroatoms. The van der Waals surface area contributed by atoms with Gasteiger partial charge in [0.15, 0.2) is 0 Å². The van der Waals surface area contributed by atoms with Crippen LogP contribution in [0.3, 0.4) is 0 Å². The van der Waals surface area contributed by atoms with Crippen molar-refractivity contribution in [3.05, 3.63) is 0 Å². The Hall–Kier alpha value is -1.30. The predicted molar refractivity (Wildman–Crippen MR) is 75.2 cm³/mol. The van der Waals surface area contributed by atoms with Gasteiger partial charge in [0, 0.05) is 19.1 Å². The second-order valence-electron chi connectivity index (χ2n) is 5.49. The van der Waals surface area contributed by atoms with Gasteiger partial charge in [-0.25, -0.2) is 9.59 Å². The van der Waals surface area contributed by atoms with Crippen LogP contribution < -0.4 is 10.6 Å². The van der Waals surface area contributed by atoms with Crippen molar-refractivity contribution < 1.29 is 14.7 Å². The molecule has 1 unspecified atom stereocenters. The van der Waals surface area contributed by atoms with Crippen LogP contribution >= 0.6 is 0 Å². The number of carbonyl (C=O) groups is 2. The minimum Gasteiger partial charge on any atom is -0.480 e. The number of nitrogens with one attached hydrogen (secondary N) is 2. The zero-order valence-corrected chi connectivity index (χ0v) is 12.6.